The Kier molecular flexibility index (Phi) is 5.79. The molecule has 5 heterocycles. The summed E-state index contributed by atoms with van der Waals surface area (Å²) in [4.78, 5) is 17.9. The molecule has 8 nitrogen and oxygen atoms in total. The minimum atomic E-state index is 0.377. The summed E-state index contributed by atoms with van der Waals surface area (Å²) in [7, 11) is 1.68. The van der Waals surface area contributed by atoms with E-state index in [0.717, 1.165) is 69.8 Å². The van der Waals surface area contributed by atoms with Gasteiger partial charge in [-0.2, -0.15) is 5.10 Å². The summed E-state index contributed by atoms with van der Waals surface area (Å²) >= 11 is 1.58. The number of benzene rings is 1. The highest BCUT2D eigenvalue weighted by Crippen LogP contribution is 2.35. The Morgan fingerprint density at radius 2 is 1.81 bits per heavy atom. The van der Waals surface area contributed by atoms with E-state index in [9.17, 15) is 0 Å². The lowest BCUT2D eigenvalue weighted by atomic mass is 9.83. The van der Waals surface area contributed by atoms with Crippen molar-refractivity contribution in [2.45, 2.75) is 43.2 Å². The van der Waals surface area contributed by atoms with E-state index in [1.807, 2.05) is 52.1 Å². The maximum Gasteiger partial charge on any atom is 0.180 e. The number of rotatable bonds is 6. The van der Waals surface area contributed by atoms with E-state index in [0.29, 0.717) is 12.0 Å². The monoisotopic (exact) mass is 499 g/mol. The van der Waals surface area contributed by atoms with Gasteiger partial charge in [-0.25, -0.2) is 19.6 Å². The summed E-state index contributed by atoms with van der Waals surface area (Å²) in [5.74, 6) is 1.75. The van der Waals surface area contributed by atoms with E-state index in [-0.39, 0.29) is 0 Å². The first-order valence-electron chi connectivity index (χ1n) is 12.2. The second-order valence-corrected chi connectivity index (χ2v) is 11.0. The number of methoxy groups -OCH3 is 1. The summed E-state index contributed by atoms with van der Waals surface area (Å²) in [5, 5.41) is 5.82. The lowest BCUT2D eigenvalue weighted by Crippen LogP contribution is -2.37. The van der Waals surface area contributed by atoms with E-state index in [2.05, 4.69) is 41.9 Å². The summed E-state index contributed by atoms with van der Waals surface area (Å²) in [5.41, 5.74) is 4.01. The van der Waals surface area contributed by atoms with Crippen LogP contribution in [0.15, 0.2) is 71.1 Å². The zero-order chi connectivity index (χ0) is 24.7. The number of fused-ring (bicyclic) bond motifs is 2. The minimum Gasteiger partial charge on any atom is -0.497 e. The molecule has 9 heteroatoms. The SMILES string of the molecule is COc1ccc(Cn2nc(Sc3cccn4ccnc34)c3ncc(N4CCC(C)(C)CC4)nc32)cc1. The highest BCUT2D eigenvalue weighted by atomic mass is 32.2. The van der Waals surface area contributed by atoms with Crippen LogP contribution in [0.25, 0.3) is 16.8 Å². The molecule has 0 N–H and O–H groups in total. The van der Waals surface area contributed by atoms with Crippen LogP contribution in [0.4, 0.5) is 5.82 Å². The van der Waals surface area contributed by atoms with E-state index in [1.165, 1.54) is 0 Å². The summed E-state index contributed by atoms with van der Waals surface area (Å²) < 4.78 is 9.31. The van der Waals surface area contributed by atoms with Crippen LogP contribution >= 0.6 is 11.8 Å². The van der Waals surface area contributed by atoms with Gasteiger partial charge in [0.15, 0.2) is 16.3 Å². The van der Waals surface area contributed by atoms with Crippen molar-refractivity contribution in [2.24, 2.45) is 5.41 Å². The number of pyridine rings is 1. The molecule has 1 aliphatic heterocycles. The van der Waals surface area contributed by atoms with Crippen LogP contribution < -0.4 is 9.64 Å². The van der Waals surface area contributed by atoms with Crippen molar-refractivity contribution < 1.29 is 4.74 Å². The largest absolute Gasteiger partial charge is 0.497 e. The summed E-state index contributed by atoms with van der Waals surface area (Å²) in [6.07, 6.45) is 9.96. The molecule has 1 saturated heterocycles. The van der Waals surface area contributed by atoms with Crippen molar-refractivity contribution in [3.63, 3.8) is 0 Å². The van der Waals surface area contributed by atoms with Crippen molar-refractivity contribution >= 4 is 34.4 Å². The molecule has 0 spiro atoms. The normalized spacial score (nSPS) is 15.6. The second-order valence-electron chi connectivity index (χ2n) is 10.00. The molecule has 1 aliphatic rings. The zero-order valence-corrected chi connectivity index (χ0v) is 21.6. The fourth-order valence-corrected chi connectivity index (χ4v) is 5.57. The number of ether oxygens (including phenoxy) is 1. The molecule has 184 valence electrons. The van der Waals surface area contributed by atoms with Gasteiger partial charge < -0.3 is 14.0 Å². The number of imidazole rings is 1. The third kappa shape index (κ3) is 4.39. The first kappa shape index (κ1) is 22.8. The molecular weight excluding hydrogens is 470 g/mol. The Morgan fingerprint density at radius 3 is 2.58 bits per heavy atom. The van der Waals surface area contributed by atoms with Crippen LogP contribution in [-0.4, -0.2) is 49.3 Å². The van der Waals surface area contributed by atoms with Gasteiger partial charge in [0.25, 0.3) is 0 Å². The number of hydrogen-bond donors (Lipinski definition) is 0. The van der Waals surface area contributed by atoms with Crippen molar-refractivity contribution in [3.05, 3.63) is 66.7 Å². The molecule has 36 heavy (non-hydrogen) atoms. The van der Waals surface area contributed by atoms with Crippen molar-refractivity contribution in [1.82, 2.24) is 29.1 Å². The molecule has 0 bridgehead atoms. The predicted molar refractivity (Wildman–Crippen MR) is 142 cm³/mol. The maximum atomic E-state index is 5.32. The van der Waals surface area contributed by atoms with Crippen molar-refractivity contribution in [2.75, 3.05) is 25.1 Å². The van der Waals surface area contributed by atoms with Gasteiger partial charge in [-0.05, 0) is 48.1 Å². The Morgan fingerprint density at radius 1 is 1.00 bits per heavy atom. The second kappa shape index (κ2) is 9.13. The van der Waals surface area contributed by atoms with Gasteiger partial charge >= 0.3 is 0 Å². The number of anilines is 1. The molecule has 0 radical (unpaired) electrons. The van der Waals surface area contributed by atoms with Gasteiger partial charge in [0, 0.05) is 31.7 Å². The van der Waals surface area contributed by atoms with Crippen LogP contribution in [-0.2, 0) is 6.54 Å². The van der Waals surface area contributed by atoms with Gasteiger partial charge in [0.1, 0.15) is 17.1 Å². The smallest absolute Gasteiger partial charge is 0.180 e. The van der Waals surface area contributed by atoms with E-state index >= 15 is 0 Å². The molecule has 1 fully saturated rings. The topological polar surface area (TPSA) is 73.4 Å². The van der Waals surface area contributed by atoms with Crippen LogP contribution in [0.1, 0.15) is 32.3 Å². The third-order valence-corrected chi connectivity index (χ3v) is 7.93. The van der Waals surface area contributed by atoms with Crippen LogP contribution in [0, 0.1) is 5.41 Å². The first-order chi connectivity index (χ1) is 17.5. The fourth-order valence-electron chi connectivity index (χ4n) is 4.59. The Labute approximate surface area is 214 Å². The number of hydrogen-bond acceptors (Lipinski definition) is 7. The summed E-state index contributed by atoms with van der Waals surface area (Å²) in [6.45, 7) is 7.26. The van der Waals surface area contributed by atoms with Crippen molar-refractivity contribution in [1.29, 1.82) is 0 Å². The van der Waals surface area contributed by atoms with Gasteiger partial charge in [0.05, 0.1) is 24.7 Å². The summed E-state index contributed by atoms with van der Waals surface area (Å²) in [6, 6.07) is 12.2. The van der Waals surface area contributed by atoms with Gasteiger partial charge in [-0.15, -0.1) is 0 Å². The van der Waals surface area contributed by atoms with E-state index < -0.39 is 0 Å². The van der Waals surface area contributed by atoms with E-state index in [1.54, 1.807) is 18.9 Å². The molecule has 0 atom stereocenters. The average molecular weight is 500 g/mol. The quantitative estimate of drug-likeness (QED) is 0.313. The Hall–Kier alpha value is -3.59. The van der Waals surface area contributed by atoms with Crippen LogP contribution in [0.3, 0.4) is 0 Å². The highest BCUT2D eigenvalue weighted by molar-refractivity contribution is 7.99. The predicted octanol–water partition coefficient (Wildman–Crippen LogP) is 5.31. The third-order valence-electron chi connectivity index (χ3n) is 6.92. The first-order valence-corrected chi connectivity index (χ1v) is 13.0. The van der Waals surface area contributed by atoms with E-state index in [4.69, 9.17) is 19.8 Å². The molecule has 4 aromatic heterocycles. The van der Waals surface area contributed by atoms with Gasteiger partial charge in [-0.1, -0.05) is 37.7 Å². The maximum absolute atomic E-state index is 5.32. The number of piperidine rings is 1. The molecule has 0 aliphatic carbocycles. The zero-order valence-electron chi connectivity index (χ0n) is 20.8. The van der Waals surface area contributed by atoms with Crippen LogP contribution in [0.2, 0.25) is 0 Å². The number of aromatic nitrogens is 6. The van der Waals surface area contributed by atoms with Gasteiger partial charge in [-0.3, -0.25) is 0 Å². The van der Waals surface area contributed by atoms with Crippen LogP contribution in [0.5, 0.6) is 5.75 Å². The highest BCUT2D eigenvalue weighted by Gasteiger charge is 2.27. The minimum absolute atomic E-state index is 0.377. The average Bonchev–Trinajstić information content (AvgIpc) is 3.50. The fraction of sp³-hybridized carbons (Fsp3) is 0.333. The molecular formula is C27H29N7OS. The molecule has 6 rings (SSSR count). The molecule has 0 amide bonds. The molecule has 0 saturated carbocycles. The molecule has 1 aromatic carbocycles. The van der Waals surface area contributed by atoms with Crippen molar-refractivity contribution in [3.8, 4) is 5.75 Å². The lowest BCUT2D eigenvalue weighted by Gasteiger charge is -2.37. The molecule has 0 unspecified atom stereocenters. The Balaban J connectivity index is 1.39. The standard InChI is InChI=1S/C27H29N7OS/c1-27(2)10-14-32(15-11-27)22-17-29-23-25(30-22)34(18-19-6-8-20(35-3)9-7-19)31-26(23)36-21-5-4-13-33-16-12-28-24(21)33/h4-9,12-13,16-17H,10-11,14-15,18H2,1-3H3. The lowest BCUT2D eigenvalue weighted by molar-refractivity contribution is 0.279. The Bertz CT molecular complexity index is 1510. The number of nitrogens with zero attached hydrogens (tertiary/aromatic N) is 7. The van der Waals surface area contributed by atoms with Gasteiger partial charge in [0.2, 0.25) is 0 Å². The molecule has 5 aromatic rings.